The first-order valence-electron chi connectivity index (χ1n) is 6.28. The summed E-state index contributed by atoms with van der Waals surface area (Å²) in [4.78, 5) is 2.43. The molecular formula is C12H24N2O. The van der Waals surface area contributed by atoms with Crippen LogP contribution in [0.5, 0.6) is 0 Å². The number of nitrogens with one attached hydrogen (secondary N) is 1. The molecule has 0 amide bonds. The molecule has 0 aromatic carbocycles. The Hall–Kier alpha value is -0.120. The lowest BCUT2D eigenvalue weighted by atomic mass is 10.2. The first kappa shape index (κ1) is 11.4. The highest BCUT2D eigenvalue weighted by Gasteiger charge is 2.27. The molecule has 1 heterocycles. The Balaban J connectivity index is 1.55. The van der Waals surface area contributed by atoms with Crippen LogP contribution in [0.1, 0.15) is 26.2 Å². The van der Waals surface area contributed by atoms with Gasteiger partial charge in [0.15, 0.2) is 0 Å². The van der Waals surface area contributed by atoms with E-state index in [1.54, 1.807) is 0 Å². The number of likely N-dealkylation sites (N-methyl/N-ethyl adjacent to an activating group) is 1. The molecular weight excluding hydrogens is 188 g/mol. The van der Waals surface area contributed by atoms with Crippen LogP contribution in [0.15, 0.2) is 0 Å². The van der Waals surface area contributed by atoms with Crippen LogP contribution in [0, 0.1) is 5.92 Å². The van der Waals surface area contributed by atoms with Crippen molar-refractivity contribution >= 4 is 0 Å². The molecule has 1 aliphatic carbocycles. The molecule has 3 heteroatoms. The van der Waals surface area contributed by atoms with Crippen molar-refractivity contribution < 1.29 is 4.74 Å². The largest absolute Gasteiger partial charge is 0.380 e. The van der Waals surface area contributed by atoms with Gasteiger partial charge in [-0.05, 0) is 39.2 Å². The monoisotopic (exact) mass is 212 g/mol. The van der Waals surface area contributed by atoms with Crippen LogP contribution in [-0.2, 0) is 4.74 Å². The molecule has 1 saturated heterocycles. The average molecular weight is 212 g/mol. The minimum atomic E-state index is 0.656. The van der Waals surface area contributed by atoms with Gasteiger partial charge in [0.1, 0.15) is 0 Å². The van der Waals surface area contributed by atoms with Crippen molar-refractivity contribution in [3.63, 3.8) is 0 Å². The summed E-state index contributed by atoms with van der Waals surface area (Å²) < 4.78 is 5.39. The van der Waals surface area contributed by atoms with E-state index in [0.717, 1.165) is 38.3 Å². The molecule has 0 spiro atoms. The fourth-order valence-corrected chi connectivity index (χ4v) is 2.28. The van der Waals surface area contributed by atoms with Gasteiger partial charge in [-0.1, -0.05) is 0 Å². The van der Waals surface area contributed by atoms with Crippen molar-refractivity contribution in [2.45, 2.75) is 38.3 Å². The van der Waals surface area contributed by atoms with Crippen LogP contribution in [0.2, 0.25) is 0 Å². The smallest absolute Gasteiger partial charge is 0.0622 e. The Morgan fingerprint density at radius 1 is 1.40 bits per heavy atom. The van der Waals surface area contributed by atoms with Gasteiger partial charge in [0.2, 0.25) is 0 Å². The van der Waals surface area contributed by atoms with E-state index in [1.165, 1.54) is 19.3 Å². The van der Waals surface area contributed by atoms with Gasteiger partial charge in [0.25, 0.3) is 0 Å². The van der Waals surface area contributed by atoms with Gasteiger partial charge in [0, 0.05) is 31.8 Å². The van der Waals surface area contributed by atoms with Gasteiger partial charge in [-0.2, -0.15) is 0 Å². The Labute approximate surface area is 93.2 Å². The molecule has 88 valence electrons. The van der Waals surface area contributed by atoms with Gasteiger partial charge in [-0.15, -0.1) is 0 Å². The molecule has 2 aliphatic rings. The van der Waals surface area contributed by atoms with Crippen LogP contribution >= 0.6 is 0 Å². The summed E-state index contributed by atoms with van der Waals surface area (Å²) in [5.41, 5.74) is 0. The Morgan fingerprint density at radius 2 is 2.20 bits per heavy atom. The third-order valence-corrected chi connectivity index (χ3v) is 3.79. The summed E-state index contributed by atoms with van der Waals surface area (Å²) in [6.45, 7) is 6.45. The normalized spacial score (nSPS) is 28.6. The van der Waals surface area contributed by atoms with Crippen LogP contribution in [0.4, 0.5) is 0 Å². The summed E-state index contributed by atoms with van der Waals surface area (Å²) in [5, 5.41) is 3.62. The number of rotatable bonds is 6. The van der Waals surface area contributed by atoms with Crippen LogP contribution in [0.25, 0.3) is 0 Å². The summed E-state index contributed by atoms with van der Waals surface area (Å²) in [7, 11) is 2.21. The van der Waals surface area contributed by atoms with Crippen LogP contribution < -0.4 is 5.32 Å². The van der Waals surface area contributed by atoms with Crippen molar-refractivity contribution in [2.75, 3.05) is 33.4 Å². The van der Waals surface area contributed by atoms with Gasteiger partial charge < -0.3 is 10.1 Å². The average Bonchev–Trinajstić information content (AvgIpc) is 2.93. The van der Waals surface area contributed by atoms with Gasteiger partial charge in [-0.25, -0.2) is 0 Å². The minimum absolute atomic E-state index is 0.656. The molecule has 0 bridgehead atoms. The van der Waals surface area contributed by atoms with Crippen molar-refractivity contribution in [3.05, 3.63) is 0 Å². The standard InChI is InChI=1S/C12H24N2O/c1-10(11-3-4-11)13-6-7-14(2)12-5-8-15-9-12/h10-13H,3-9H2,1-2H3. The highest BCUT2D eigenvalue weighted by Crippen LogP contribution is 2.32. The molecule has 0 aromatic heterocycles. The van der Waals surface area contributed by atoms with E-state index < -0.39 is 0 Å². The molecule has 2 atom stereocenters. The topological polar surface area (TPSA) is 24.5 Å². The lowest BCUT2D eigenvalue weighted by molar-refractivity contribution is 0.159. The van der Waals surface area contributed by atoms with Crippen LogP contribution in [0.3, 0.4) is 0 Å². The third-order valence-electron chi connectivity index (χ3n) is 3.79. The third kappa shape index (κ3) is 3.44. The molecule has 0 aromatic rings. The Bertz CT molecular complexity index is 188. The minimum Gasteiger partial charge on any atom is -0.380 e. The van der Waals surface area contributed by atoms with Gasteiger partial charge >= 0.3 is 0 Å². The van der Waals surface area contributed by atoms with E-state index in [2.05, 4.69) is 24.2 Å². The quantitative estimate of drug-likeness (QED) is 0.713. The lowest BCUT2D eigenvalue weighted by Gasteiger charge is -2.24. The zero-order valence-electron chi connectivity index (χ0n) is 10.0. The number of nitrogens with zero attached hydrogens (tertiary/aromatic N) is 1. The van der Waals surface area contributed by atoms with E-state index in [9.17, 15) is 0 Å². The van der Waals surface area contributed by atoms with Crippen molar-refractivity contribution in [2.24, 2.45) is 5.92 Å². The maximum atomic E-state index is 5.39. The maximum absolute atomic E-state index is 5.39. The van der Waals surface area contributed by atoms with E-state index in [4.69, 9.17) is 4.74 Å². The van der Waals surface area contributed by atoms with E-state index in [1.807, 2.05) is 0 Å². The van der Waals surface area contributed by atoms with Crippen molar-refractivity contribution in [3.8, 4) is 0 Å². The molecule has 0 radical (unpaired) electrons. The first-order chi connectivity index (χ1) is 7.27. The molecule has 1 N–H and O–H groups in total. The summed E-state index contributed by atoms with van der Waals surface area (Å²) in [6.07, 6.45) is 4.07. The predicted molar refractivity (Wildman–Crippen MR) is 62.0 cm³/mol. The lowest BCUT2D eigenvalue weighted by Crippen LogP contribution is -2.40. The van der Waals surface area contributed by atoms with Gasteiger partial charge in [-0.3, -0.25) is 4.90 Å². The predicted octanol–water partition coefficient (Wildman–Crippen LogP) is 1.10. The SMILES string of the molecule is CC(NCCN(C)C1CCOC1)C1CC1. The second-order valence-electron chi connectivity index (χ2n) is 5.08. The van der Waals surface area contributed by atoms with Gasteiger partial charge in [0.05, 0.1) is 6.61 Å². The zero-order chi connectivity index (χ0) is 10.7. The maximum Gasteiger partial charge on any atom is 0.0622 e. The number of hydrogen-bond donors (Lipinski definition) is 1. The van der Waals surface area contributed by atoms with E-state index in [0.29, 0.717) is 6.04 Å². The molecule has 15 heavy (non-hydrogen) atoms. The Morgan fingerprint density at radius 3 is 2.80 bits per heavy atom. The highest BCUT2D eigenvalue weighted by atomic mass is 16.5. The number of ether oxygens (including phenoxy) is 1. The summed E-state index contributed by atoms with van der Waals surface area (Å²) in [6, 6.07) is 1.38. The molecule has 1 aliphatic heterocycles. The summed E-state index contributed by atoms with van der Waals surface area (Å²) in [5.74, 6) is 0.963. The second kappa shape index (κ2) is 5.28. The van der Waals surface area contributed by atoms with E-state index >= 15 is 0 Å². The molecule has 3 nitrogen and oxygen atoms in total. The fourth-order valence-electron chi connectivity index (χ4n) is 2.28. The molecule has 2 rings (SSSR count). The van der Waals surface area contributed by atoms with Crippen molar-refractivity contribution in [1.29, 1.82) is 0 Å². The number of hydrogen-bond acceptors (Lipinski definition) is 3. The highest BCUT2D eigenvalue weighted by molar-refractivity contribution is 4.83. The van der Waals surface area contributed by atoms with Crippen LogP contribution in [-0.4, -0.2) is 50.3 Å². The molecule has 1 saturated carbocycles. The van der Waals surface area contributed by atoms with Crippen molar-refractivity contribution in [1.82, 2.24) is 10.2 Å². The second-order valence-corrected chi connectivity index (χ2v) is 5.08. The Kier molecular flexibility index (Phi) is 4.00. The molecule has 2 unspecified atom stereocenters. The summed E-state index contributed by atoms with van der Waals surface area (Å²) >= 11 is 0. The first-order valence-corrected chi connectivity index (χ1v) is 6.28. The fraction of sp³-hybridized carbons (Fsp3) is 1.00. The zero-order valence-corrected chi connectivity index (χ0v) is 10.0. The molecule has 2 fully saturated rings. The van der Waals surface area contributed by atoms with E-state index in [-0.39, 0.29) is 0 Å².